The number of aromatic amines is 1. The van der Waals surface area contributed by atoms with Gasteiger partial charge in [-0.1, -0.05) is 30.3 Å². The van der Waals surface area contributed by atoms with E-state index in [2.05, 4.69) is 30.6 Å². The first-order valence-electron chi connectivity index (χ1n) is 9.08. The first-order chi connectivity index (χ1) is 14.0. The van der Waals surface area contributed by atoms with E-state index in [4.69, 9.17) is 0 Å². The Hall–Kier alpha value is -2.15. The summed E-state index contributed by atoms with van der Waals surface area (Å²) < 4.78 is 37.8. The van der Waals surface area contributed by atoms with Crippen molar-refractivity contribution in [3.05, 3.63) is 58.4 Å². The molecule has 0 spiro atoms. The molecule has 162 valence electrons. The first-order valence-corrected chi connectivity index (χ1v) is 9.96. The van der Waals surface area contributed by atoms with Crippen molar-refractivity contribution in [2.24, 2.45) is 4.99 Å². The normalized spacial score (nSPS) is 11.8. The van der Waals surface area contributed by atoms with Gasteiger partial charge < -0.3 is 15.6 Å². The van der Waals surface area contributed by atoms with E-state index in [1.165, 1.54) is 0 Å². The Morgan fingerprint density at radius 2 is 1.97 bits per heavy atom. The van der Waals surface area contributed by atoms with E-state index < -0.39 is 11.9 Å². The molecular weight excluding hydrogens is 528 g/mol. The van der Waals surface area contributed by atoms with E-state index in [1.807, 2.05) is 37.3 Å². The summed E-state index contributed by atoms with van der Waals surface area (Å²) in [6.07, 6.45) is -2.26. The van der Waals surface area contributed by atoms with Gasteiger partial charge in [0.25, 0.3) is 0 Å². The summed E-state index contributed by atoms with van der Waals surface area (Å²) in [4.78, 5) is 15.7. The van der Waals surface area contributed by atoms with Crippen LogP contribution in [0.4, 0.5) is 13.2 Å². The molecule has 2 heterocycles. The summed E-state index contributed by atoms with van der Waals surface area (Å²) in [5.74, 6) is 1.29. The smallest absolute Gasteiger partial charge is 0.357 e. The molecule has 0 unspecified atom stereocenters. The van der Waals surface area contributed by atoms with Gasteiger partial charge in [-0.3, -0.25) is 0 Å². The fraction of sp³-hybridized carbons (Fsp3) is 0.316. The molecule has 0 aliphatic carbocycles. The van der Waals surface area contributed by atoms with Crippen LogP contribution in [0.5, 0.6) is 0 Å². The van der Waals surface area contributed by atoms with Crippen LogP contribution in [0, 0.1) is 0 Å². The molecule has 6 nitrogen and oxygen atoms in total. The molecule has 1 aromatic carbocycles. The quantitative estimate of drug-likeness (QED) is 0.231. The number of aliphatic imine (C=N–C) groups is 1. The predicted octanol–water partition coefficient (Wildman–Crippen LogP) is 4.47. The van der Waals surface area contributed by atoms with Gasteiger partial charge in [0.2, 0.25) is 0 Å². The monoisotopic (exact) mass is 550 g/mol. The second-order valence-electron chi connectivity index (χ2n) is 6.11. The zero-order valence-electron chi connectivity index (χ0n) is 16.2. The number of imidazole rings is 1. The summed E-state index contributed by atoms with van der Waals surface area (Å²) >= 11 is 1.01. The number of alkyl halides is 3. The molecule has 0 saturated carbocycles. The van der Waals surface area contributed by atoms with Crippen molar-refractivity contribution in [1.29, 1.82) is 0 Å². The molecule has 2 aromatic heterocycles. The Bertz CT molecular complexity index is 939. The molecule has 11 heteroatoms. The maximum absolute atomic E-state index is 12.6. The molecule has 3 rings (SSSR count). The van der Waals surface area contributed by atoms with Gasteiger partial charge in [0.15, 0.2) is 11.7 Å². The Labute approximate surface area is 193 Å². The summed E-state index contributed by atoms with van der Waals surface area (Å²) in [5, 5.41) is 7.68. The highest BCUT2D eigenvalue weighted by molar-refractivity contribution is 14.0. The number of nitrogens with zero attached hydrogens (tertiary/aromatic N) is 3. The average Bonchev–Trinajstić information content (AvgIpc) is 3.36. The Morgan fingerprint density at radius 1 is 1.20 bits per heavy atom. The number of hydrogen-bond donors (Lipinski definition) is 3. The van der Waals surface area contributed by atoms with Gasteiger partial charge in [-0.25, -0.2) is 15.0 Å². The molecule has 3 N–H and O–H groups in total. The van der Waals surface area contributed by atoms with Crippen molar-refractivity contribution >= 4 is 41.3 Å². The third-order valence-electron chi connectivity index (χ3n) is 3.92. The predicted molar refractivity (Wildman–Crippen MR) is 123 cm³/mol. The van der Waals surface area contributed by atoms with E-state index >= 15 is 0 Å². The number of aromatic nitrogens is 3. The number of halogens is 4. The Balaban J connectivity index is 0.00000320. The maximum atomic E-state index is 12.6. The maximum Gasteiger partial charge on any atom is 0.434 e. The van der Waals surface area contributed by atoms with Gasteiger partial charge >= 0.3 is 6.18 Å². The third-order valence-corrected chi connectivity index (χ3v) is 4.83. The molecule has 0 atom stereocenters. The standard InChI is InChI=1S/C19H21F3N6S.HI/c1-2-23-18(24-9-8-17-28-15(12-29-17)19(20,21)22)26-11-16-25-10-14(27-16)13-6-4-3-5-7-13;/h3-7,10,12H,2,8-9,11H2,1H3,(H,25,27)(H2,23,24,26);1H. The highest BCUT2D eigenvalue weighted by Crippen LogP contribution is 2.30. The number of nitrogens with one attached hydrogen (secondary N) is 3. The molecule has 0 bridgehead atoms. The van der Waals surface area contributed by atoms with Crippen LogP contribution in [0.3, 0.4) is 0 Å². The van der Waals surface area contributed by atoms with Crippen molar-refractivity contribution < 1.29 is 13.2 Å². The van der Waals surface area contributed by atoms with Crippen LogP contribution in [-0.2, 0) is 19.1 Å². The Kier molecular flexibility index (Phi) is 9.08. The van der Waals surface area contributed by atoms with E-state index in [0.29, 0.717) is 37.0 Å². The minimum atomic E-state index is -4.40. The van der Waals surface area contributed by atoms with Crippen LogP contribution in [0.2, 0.25) is 0 Å². The largest absolute Gasteiger partial charge is 0.434 e. The van der Waals surface area contributed by atoms with Crippen LogP contribution < -0.4 is 10.6 Å². The highest BCUT2D eigenvalue weighted by atomic mass is 127. The number of hydrogen-bond acceptors (Lipinski definition) is 4. The topological polar surface area (TPSA) is 78.0 Å². The van der Waals surface area contributed by atoms with Crippen molar-refractivity contribution in [1.82, 2.24) is 25.6 Å². The lowest BCUT2D eigenvalue weighted by Crippen LogP contribution is -2.38. The van der Waals surface area contributed by atoms with Crippen molar-refractivity contribution in [3.63, 3.8) is 0 Å². The Morgan fingerprint density at radius 3 is 2.63 bits per heavy atom. The number of H-pyrrole nitrogens is 1. The van der Waals surface area contributed by atoms with Crippen molar-refractivity contribution in [2.45, 2.75) is 26.1 Å². The molecule has 3 aromatic rings. The third kappa shape index (κ3) is 6.97. The lowest BCUT2D eigenvalue weighted by Gasteiger charge is -2.10. The number of guanidine groups is 1. The van der Waals surface area contributed by atoms with Gasteiger partial charge in [0, 0.05) is 24.9 Å². The lowest BCUT2D eigenvalue weighted by molar-refractivity contribution is -0.140. The fourth-order valence-corrected chi connectivity index (χ4v) is 3.35. The van der Waals surface area contributed by atoms with Crippen LogP contribution in [0.15, 0.2) is 46.9 Å². The zero-order valence-corrected chi connectivity index (χ0v) is 19.3. The van der Waals surface area contributed by atoms with E-state index in [0.717, 1.165) is 33.8 Å². The van der Waals surface area contributed by atoms with Gasteiger partial charge in [-0.05, 0) is 12.5 Å². The molecule has 0 saturated heterocycles. The summed E-state index contributed by atoms with van der Waals surface area (Å²) in [5.41, 5.74) is 1.12. The first kappa shape index (κ1) is 24.1. The second kappa shape index (κ2) is 11.3. The number of thiazole rings is 1. The van der Waals surface area contributed by atoms with Crippen LogP contribution in [0.25, 0.3) is 11.3 Å². The van der Waals surface area contributed by atoms with E-state index in [9.17, 15) is 13.2 Å². The minimum Gasteiger partial charge on any atom is -0.357 e. The second-order valence-corrected chi connectivity index (χ2v) is 7.05. The summed E-state index contributed by atoms with van der Waals surface area (Å²) in [6, 6.07) is 9.86. The molecule has 30 heavy (non-hydrogen) atoms. The molecule has 0 radical (unpaired) electrons. The fourth-order valence-electron chi connectivity index (χ4n) is 2.55. The number of rotatable bonds is 7. The lowest BCUT2D eigenvalue weighted by atomic mass is 10.2. The molecule has 0 fully saturated rings. The summed E-state index contributed by atoms with van der Waals surface area (Å²) in [6.45, 7) is 3.37. The molecule has 0 aliphatic rings. The van der Waals surface area contributed by atoms with E-state index in [-0.39, 0.29) is 24.0 Å². The zero-order chi connectivity index (χ0) is 20.7. The summed E-state index contributed by atoms with van der Waals surface area (Å²) in [7, 11) is 0. The average molecular weight is 550 g/mol. The molecular formula is C19H22F3IN6S. The van der Waals surface area contributed by atoms with Crippen LogP contribution in [-0.4, -0.2) is 34.0 Å². The van der Waals surface area contributed by atoms with Gasteiger partial charge in [0.05, 0.1) is 16.9 Å². The van der Waals surface area contributed by atoms with Crippen molar-refractivity contribution in [3.8, 4) is 11.3 Å². The molecule has 0 aliphatic heterocycles. The number of benzene rings is 1. The van der Waals surface area contributed by atoms with Crippen LogP contribution >= 0.6 is 35.3 Å². The highest BCUT2D eigenvalue weighted by Gasteiger charge is 2.33. The van der Waals surface area contributed by atoms with Crippen LogP contribution in [0.1, 0.15) is 23.4 Å². The van der Waals surface area contributed by atoms with E-state index in [1.54, 1.807) is 6.20 Å². The van der Waals surface area contributed by atoms with Crippen molar-refractivity contribution in [2.75, 3.05) is 13.1 Å². The SMILES string of the molecule is CCNC(=NCc1ncc(-c2ccccc2)[nH]1)NCCc1nc(C(F)(F)F)cs1.I. The minimum absolute atomic E-state index is 0. The molecule has 0 amide bonds. The van der Waals surface area contributed by atoms with Gasteiger partial charge in [-0.2, -0.15) is 13.2 Å². The van der Waals surface area contributed by atoms with Gasteiger partial charge in [0.1, 0.15) is 12.4 Å². The van der Waals surface area contributed by atoms with Gasteiger partial charge in [-0.15, -0.1) is 35.3 Å².